The van der Waals surface area contributed by atoms with Crippen molar-refractivity contribution in [3.8, 4) is 0 Å². The molecule has 0 saturated heterocycles. The summed E-state index contributed by atoms with van der Waals surface area (Å²) in [6.45, 7) is 6.13. The van der Waals surface area contributed by atoms with Crippen LogP contribution in [0.15, 0.2) is 11.6 Å². The van der Waals surface area contributed by atoms with Crippen LogP contribution >= 0.6 is 0 Å². The van der Waals surface area contributed by atoms with Crippen LogP contribution in [-0.4, -0.2) is 16.8 Å². The zero-order valence-electron chi connectivity index (χ0n) is 9.16. The maximum Gasteiger partial charge on any atom is 0.327 e. The molecule has 14 heavy (non-hydrogen) atoms. The van der Waals surface area contributed by atoms with Gasteiger partial charge in [0.05, 0.1) is 0 Å². The van der Waals surface area contributed by atoms with Crippen LogP contribution in [0.2, 0.25) is 0 Å². The summed E-state index contributed by atoms with van der Waals surface area (Å²) in [5.74, 6) is 0.160. The van der Waals surface area contributed by atoms with Crippen molar-refractivity contribution in [2.75, 3.05) is 0 Å². The fraction of sp³-hybridized carbons (Fsp3) is 0.636. The van der Waals surface area contributed by atoms with E-state index >= 15 is 0 Å². The number of hydrogen-bond acceptors (Lipinski definition) is 1. The van der Waals surface area contributed by atoms with E-state index < -0.39 is 0 Å². The minimum Gasteiger partial charge on any atom is -0.361 e. The van der Waals surface area contributed by atoms with Crippen LogP contribution in [0.25, 0.3) is 5.53 Å². The molecular weight excluding hydrogens is 176 g/mol. The van der Waals surface area contributed by atoms with E-state index in [1.807, 2.05) is 19.9 Å². The summed E-state index contributed by atoms with van der Waals surface area (Å²) in [4.78, 5) is 14.2. The van der Waals surface area contributed by atoms with E-state index in [1.165, 1.54) is 0 Å². The number of hydrogen-bond donors (Lipinski definition) is 0. The van der Waals surface area contributed by atoms with Gasteiger partial charge in [-0.25, -0.2) is 0 Å². The highest BCUT2D eigenvalue weighted by atomic mass is 16.1. The Morgan fingerprint density at radius 2 is 2.14 bits per heavy atom. The Morgan fingerprint density at radius 3 is 2.57 bits per heavy atom. The van der Waals surface area contributed by atoms with Crippen molar-refractivity contribution >= 4 is 12.0 Å². The molecule has 0 aliphatic heterocycles. The third kappa shape index (κ3) is 5.44. The number of nitrogens with zero attached hydrogens (tertiary/aromatic N) is 2. The van der Waals surface area contributed by atoms with Gasteiger partial charge in [0.15, 0.2) is 0 Å². The number of allylic oxidation sites excluding steroid dienone is 2. The lowest BCUT2D eigenvalue weighted by Crippen LogP contribution is -2.06. The van der Waals surface area contributed by atoms with Crippen LogP contribution in [-0.2, 0) is 4.79 Å². The highest BCUT2D eigenvalue weighted by molar-refractivity contribution is 6.33. The standard InChI is InChI=1S/C11H18N2O/c1-4-5-6-10(7-9(2)3)11(14)8-13-12/h7-9H,4-6H2,1-3H3/b10-7-. The van der Waals surface area contributed by atoms with Crippen LogP contribution in [0.5, 0.6) is 0 Å². The summed E-state index contributed by atoms with van der Waals surface area (Å²) >= 11 is 0. The van der Waals surface area contributed by atoms with Crippen LogP contribution in [0.3, 0.4) is 0 Å². The first-order valence-electron chi connectivity index (χ1n) is 5.04. The van der Waals surface area contributed by atoms with Crippen molar-refractivity contribution in [2.45, 2.75) is 40.0 Å². The molecule has 0 aromatic carbocycles. The number of ketones is 1. The molecular formula is C11H18N2O. The lowest BCUT2D eigenvalue weighted by Gasteiger charge is -2.02. The van der Waals surface area contributed by atoms with Crippen LogP contribution in [0.4, 0.5) is 0 Å². The van der Waals surface area contributed by atoms with Gasteiger partial charge in [0, 0.05) is 5.57 Å². The molecule has 0 aromatic heterocycles. The van der Waals surface area contributed by atoms with Gasteiger partial charge < -0.3 is 5.53 Å². The van der Waals surface area contributed by atoms with E-state index in [4.69, 9.17) is 5.53 Å². The predicted octanol–water partition coefficient (Wildman–Crippen LogP) is 2.63. The maximum atomic E-state index is 11.4. The summed E-state index contributed by atoms with van der Waals surface area (Å²) in [5, 5.41) is 0. The normalized spacial score (nSPS) is 11.3. The van der Waals surface area contributed by atoms with Gasteiger partial charge >= 0.3 is 6.21 Å². The quantitative estimate of drug-likeness (QED) is 0.277. The smallest absolute Gasteiger partial charge is 0.327 e. The van der Waals surface area contributed by atoms with Crippen molar-refractivity contribution in [1.29, 1.82) is 0 Å². The lowest BCUT2D eigenvalue weighted by atomic mass is 10.0. The number of carbonyl (C=O) groups is 1. The topological polar surface area (TPSA) is 53.5 Å². The van der Waals surface area contributed by atoms with Gasteiger partial charge in [-0.3, -0.25) is 4.79 Å². The third-order valence-corrected chi connectivity index (χ3v) is 1.83. The summed E-state index contributed by atoms with van der Waals surface area (Å²) in [6, 6.07) is 0. The molecule has 0 radical (unpaired) electrons. The molecule has 0 rings (SSSR count). The van der Waals surface area contributed by atoms with Crippen LogP contribution in [0.1, 0.15) is 40.0 Å². The number of Topliss-reactive ketones (excluding diaryl/α,β-unsaturated/α-hetero) is 1. The second-order valence-electron chi connectivity index (χ2n) is 3.65. The summed E-state index contributed by atoms with van der Waals surface area (Å²) in [6.07, 6.45) is 5.70. The van der Waals surface area contributed by atoms with E-state index in [1.54, 1.807) is 0 Å². The van der Waals surface area contributed by atoms with Gasteiger partial charge in [-0.15, -0.1) is 0 Å². The van der Waals surface area contributed by atoms with Gasteiger partial charge in [0.25, 0.3) is 5.78 Å². The second-order valence-corrected chi connectivity index (χ2v) is 3.65. The number of carbonyl (C=O) groups excluding carboxylic acids is 1. The molecule has 3 nitrogen and oxygen atoms in total. The molecule has 0 spiro atoms. The fourth-order valence-corrected chi connectivity index (χ4v) is 1.19. The average Bonchev–Trinajstić information content (AvgIpc) is 2.12. The molecule has 0 aliphatic carbocycles. The fourth-order valence-electron chi connectivity index (χ4n) is 1.19. The van der Waals surface area contributed by atoms with Crippen molar-refractivity contribution in [3.63, 3.8) is 0 Å². The van der Waals surface area contributed by atoms with Crippen molar-refractivity contribution in [2.24, 2.45) is 5.92 Å². The molecule has 0 bridgehead atoms. The summed E-state index contributed by atoms with van der Waals surface area (Å²) in [7, 11) is 0. The maximum absolute atomic E-state index is 11.4. The van der Waals surface area contributed by atoms with Gasteiger partial charge in [-0.2, -0.15) is 4.79 Å². The molecule has 0 heterocycles. The van der Waals surface area contributed by atoms with E-state index in [9.17, 15) is 4.79 Å². The SMILES string of the molecule is CCCC/C(=C/C(C)C)C(=O)C=[N+]=[N-]. The molecule has 0 saturated carbocycles. The highest BCUT2D eigenvalue weighted by Gasteiger charge is 2.10. The van der Waals surface area contributed by atoms with E-state index in [0.29, 0.717) is 5.92 Å². The second kappa shape index (κ2) is 7.22. The summed E-state index contributed by atoms with van der Waals surface area (Å²) in [5.41, 5.74) is 9.02. The van der Waals surface area contributed by atoms with E-state index in [-0.39, 0.29) is 5.78 Å². The predicted molar refractivity (Wildman–Crippen MR) is 57.1 cm³/mol. The molecule has 0 aliphatic rings. The minimum atomic E-state index is -0.186. The van der Waals surface area contributed by atoms with Crippen molar-refractivity contribution in [1.82, 2.24) is 0 Å². The Kier molecular flexibility index (Phi) is 6.59. The Labute approximate surface area is 85.4 Å². The van der Waals surface area contributed by atoms with E-state index in [2.05, 4.69) is 11.7 Å². The molecule has 0 N–H and O–H groups in total. The largest absolute Gasteiger partial charge is 0.361 e. The Morgan fingerprint density at radius 1 is 1.50 bits per heavy atom. The molecule has 0 fully saturated rings. The van der Waals surface area contributed by atoms with Gasteiger partial charge in [0.2, 0.25) is 0 Å². The first-order chi connectivity index (χ1) is 6.61. The average molecular weight is 194 g/mol. The lowest BCUT2D eigenvalue weighted by molar-refractivity contribution is -0.113. The van der Waals surface area contributed by atoms with Crippen molar-refractivity contribution in [3.05, 3.63) is 17.2 Å². The summed E-state index contributed by atoms with van der Waals surface area (Å²) < 4.78 is 0. The minimum absolute atomic E-state index is 0.186. The monoisotopic (exact) mass is 194 g/mol. The van der Waals surface area contributed by atoms with Gasteiger partial charge in [-0.1, -0.05) is 33.3 Å². The number of unbranched alkanes of at least 4 members (excludes halogenated alkanes) is 1. The zero-order valence-corrected chi connectivity index (χ0v) is 9.16. The zero-order chi connectivity index (χ0) is 11.0. The molecule has 0 aromatic rings. The van der Waals surface area contributed by atoms with Crippen LogP contribution in [0, 0.1) is 5.92 Å². The molecule has 3 heteroatoms. The molecule has 0 unspecified atom stereocenters. The van der Waals surface area contributed by atoms with Gasteiger partial charge in [-0.05, 0) is 18.8 Å². The number of rotatable bonds is 6. The highest BCUT2D eigenvalue weighted by Crippen LogP contribution is 2.11. The van der Waals surface area contributed by atoms with Gasteiger partial charge in [0.1, 0.15) is 0 Å². The Hall–Kier alpha value is -1.21. The Bertz CT molecular complexity index is 260. The Balaban J connectivity index is 4.54. The first kappa shape index (κ1) is 12.8. The van der Waals surface area contributed by atoms with Crippen molar-refractivity contribution < 1.29 is 9.58 Å². The van der Waals surface area contributed by atoms with Crippen LogP contribution < -0.4 is 0 Å². The molecule has 0 amide bonds. The van der Waals surface area contributed by atoms with E-state index in [0.717, 1.165) is 31.1 Å². The molecule has 78 valence electrons. The third-order valence-electron chi connectivity index (χ3n) is 1.83. The first-order valence-corrected chi connectivity index (χ1v) is 5.04. The molecule has 0 atom stereocenters.